The van der Waals surface area contributed by atoms with Gasteiger partial charge in [-0.1, -0.05) is 11.6 Å². The van der Waals surface area contributed by atoms with Crippen molar-refractivity contribution in [2.45, 2.75) is 37.6 Å². The molecule has 8 nitrogen and oxygen atoms in total. The molecule has 0 spiro atoms. The minimum atomic E-state index is -1.69. The largest absolute Gasteiger partial charge is 0.507 e. The molecule has 1 aromatic rings. The summed E-state index contributed by atoms with van der Waals surface area (Å²) in [7, 11) is 0. The van der Waals surface area contributed by atoms with Gasteiger partial charge in [-0.05, 0) is 19.1 Å². The molecule has 1 aliphatic rings. The highest BCUT2D eigenvalue weighted by molar-refractivity contribution is 5.92. The van der Waals surface area contributed by atoms with E-state index in [2.05, 4.69) is 0 Å². The average Bonchev–Trinajstić information content (AvgIpc) is 2.50. The van der Waals surface area contributed by atoms with Gasteiger partial charge in [-0.15, -0.1) is 0 Å². The van der Waals surface area contributed by atoms with Gasteiger partial charge in [0.25, 0.3) is 0 Å². The van der Waals surface area contributed by atoms with Crippen molar-refractivity contribution >= 4 is 5.97 Å². The summed E-state index contributed by atoms with van der Waals surface area (Å²) in [6.45, 7) is 1.08. The van der Waals surface area contributed by atoms with Crippen molar-refractivity contribution in [3.63, 3.8) is 0 Å². The molecule has 1 fully saturated rings. The molecule has 0 bridgehead atoms. The highest BCUT2D eigenvalue weighted by atomic mass is 16.7. The summed E-state index contributed by atoms with van der Waals surface area (Å²) in [6, 6.07) is 4.31. The van der Waals surface area contributed by atoms with Crippen LogP contribution in [0.2, 0.25) is 0 Å². The van der Waals surface area contributed by atoms with Crippen molar-refractivity contribution in [2.75, 3.05) is 6.61 Å². The summed E-state index contributed by atoms with van der Waals surface area (Å²) in [5, 5.41) is 47.8. The Morgan fingerprint density at radius 3 is 2.55 bits per heavy atom. The molecule has 122 valence electrons. The van der Waals surface area contributed by atoms with E-state index in [1.165, 1.54) is 12.1 Å². The maximum absolute atomic E-state index is 12.0. The van der Waals surface area contributed by atoms with E-state index in [0.29, 0.717) is 5.56 Å². The summed E-state index contributed by atoms with van der Waals surface area (Å²) >= 11 is 0. The zero-order chi connectivity index (χ0) is 16.4. The Balaban J connectivity index is 2.15. The Kier molecular flexibility index (Phi) is 4.99. The van der Waals surface area contributed by atoms with Gasteiger partial charge in [0.05, 0.1) is 6.61 Å². The van der Waals surface area contributed by atoms with Crippen LogP contribution in [0.5, 0.6) is 5.75 Å². The zero-order valence-electron chi connectivity index (χ0n) is 11.8. The predicted octanol–water partition coefficient (Wildman–Crippen LogP) is -1.34. The van der Waals surface area contributed by atoms with Crippen molar-refractivity contribution in [1.82, 2.24) is 0 Å². The lowest BCUT2D eigenvalue weighted by Crippen LogP contribution is -2.59. The fourth-order valence-electron chi connectivity index (χ4n) is 2.15. The van der Waals surface area contributed by atoms with Gasteiger partial charge in [-0.2, -0.15) is 0 Å². The molecule has 0 saturated carbocycles. The number of carbonyl (C=O) groups is 1. The fourth-order valence-corrected chi connectivity index (χ4v) is 2.15. The number of ether oxygens (including phenoxy) is 2. The number of aromatic hydroxyl groups is 1. The number of carbonyl (C=O) groups excluding carboxylic acids is 1. The number of aryl methyl sites for hydroxylation is 1. The second-order valence-corrected chi connectivity index (χ2v) is 5.12. The number of hydrogen-bond acceptors (Lipinski definition) is 8. The quantitative estimate of drug-likeness (QED) is 0.432. The Hall–Kier alpha value is -1.71. The van der Waals surface area contributed by atoms with Gasteiger partial charge >= 0.3 is 5.97 Å². The van der Waals surface area contributed by atoms with E-state index >= 15 is 0 Å². The monoisotopic (exact) mass is 314 g/mol. The van der Waals surface area contributed by atoms with Crippen LogP contribution in [0.15, 0.2) is 18.2 Å². The average molecular weight is 314 g/mol. The second kappa shape index (κ2) is 6.59. The van der Waals surface area contributed by atoms with Crippen LogP contribution in [0.25, 0.3) is 0 Å². The first-order valence-corrected chi connectivity index (χ1v) is 6.66. The van der Waals surface area contributed by atoms with Crippen molar-refractivity contribution < 1.29 is 39.8 Å². The molecule has 2 rings (SSSR count). The third-order valence-corrected chi connectivity index (χ3v) is 3.44. The maximum Gasteiger partial charge on any atom is 0.344 e. The van der Waals surface area contributed by atoms with Crippen LogP contribution < -0.4 is 0 Å². The number of esters is 1. The molecule has 1 aliphatic heterocycles. The van der Waals surface area contributed by atoms with Gasteiger partial charge < -0.3 is 35.0 Å². The van der Waals surface area contributed by atoms with Crippen molar-refractivity contribution in [3.8, 4) is 5.75 Å². The van der Waals surface area contributed by atoms with Crippen LogP contribution in [0.1, 0.15) is 15.9 Å². The molecular formula is C14H18O8. The molecule has 1 heterocycles. The Bertz CT molecular complexity index is 544. The predicted molar refractivity (Wildman–Crippen MR) is 72.0 cm³/mol. The van der Waals surface area contributed by atoms with E-state index in [0.717, 1.165) is 0 Å². The third kappa shape index (κ3) is 3.21. The smallest absolute Gasteiger partial charge is 0.344 e. The number of rotatable bonds is 3. The normalized spacial score (nSPS) is 31.8. The lowest BCUT2D eigenvalue weighted by molar-refractivity contribution is -0.285. The second-order valence-electron chi connectivity index (χ2n) is 5.12. The number of hydrogen-bond donors (Lipinski definition) is 5. The number of aliphatic hydroxyl groups is 4. The summed E-state index contributed by atoms with van der Waals surface area (Å²) in [4.78, 5) is 12.0. The SMILES string of the molecule is Cc1ccc(O)c(C(=O)OC2OC(CO)C(O)C(O)C2O)c1. The molecule has 0 aliphatic carbocycles. The summed E-state index contributed by atoms with van der Waals surface area (Å²) in [6.07, 6.45) is -7.63. The molecular weight excluding hydrogens is 296 g/mol. The summed E-state index contributed by atoms with van der Waals surface area (Å²) < 4.78 is 9.98. The van der Waals surface area contributed by atoms with Gasteiger partial charge in [0.1, 0.15) is 35.7 Å². The van der Waals surface area contributed by atoms with Crippen molar-refractivity contribution in [2.24, 2.45) is 0 Å². The topological polar surface area (TPSA) is 137 Å². The minimum Gasteiger partial charge on any atom is -0.507 e. The lowest BCUT2D eigenvalue weighted by atomic mass is 9.99. The first-order valence-electron chi connectivity index (χ1n) is 6.66. The molecule has 22 heavy (non-hydrogen) atoms. The third-order valence-electron chi connectivity index (χ3n) is 3.44. The summed E-state index contributed by atoms with van der Waals surface area (Å²) in [5.41, 5.74) is 0.579. The van der Waals surface area contributed by atoms with Gasteiger partial charge in [0, 0.05) is 0 Å². The number of benzene rings is 1. The Morgan fingerprint density at radius 2 is 1.91 bits per heavy atom. The fraction of sp³-hybridized carbons (Fsp3) is 0.500. The molecule has 1 aromatic carbocycles. The summed E-state index contributed by atoms with van der Waals surface area (Å²) in [5.74, 6) is -1.27. The first-order chi connectivity index (χ1) is 10.3. The molecule has 0 aromatic heterocycles. The molecule has 0 amide bonds. The molecule has 1 saturated heterocycles. The molecule has 8 heteroatoms. The molecule has 5 N–H and O–H groups in total. The van der Waals surface area contributed by atoms with Crippen LogP contribution in [-0.2, 0) is 9.47 Å². The van der Waals surface area contributed by atoms with Crippen LogP contribution in [0.3, 0.4) is 0 Å². The lowest BCUT2D eigenvalue weighted by Gasteiger charge is -2.39. The Labute approximate surface area is 126 Å². The van der Waals surface area contributed by atoms with E-state index < -0.39 is 43.3 Å². The molecule has 5 atom stereocenters. The minimum absolute atomic E-state index is 0.128. The number of aliphatic hydroxyl groups excluding tert-OH is 4. The van der Waals surface area contributed by atoms with Crippen molar-refractivity contribution in [1.29, 1.82) is 0 Å². The van der Waals surface area contributed by atoms with Crippen LogP contribution in [-0.4, -0.2) is 68.8 Å². The first kappa shape index (κ1) is 16.7. The highest BCUT2D eigenvalue weighted by Crippen LogP contribution is 2.25. The van der Waals surface area contributed by atoms with Crippen molar-refractivity contribution in [3.05, 3.63) is 29.3 Å². The van der Waals surface area contributed by atoms with Gasteiger partial charge in [0.15, 0.2) is 0 Å². The van der Waals surface area contributed by atoms with E-state index in [1.807, 2.05) is 0 Å². The molecule has 5 unspecified atom stereocenters. The van der Waals surface area contributed by atoms with Gasteiger partial charge in [-0.25, -0.2) is 4.79 Å². The van der Waals surface area contributed by atoms with E-state index in [1.54, 1.807) is 13.0 Å². The van der Waals surface area contributed by atoms with Gasteiger partial charge in [0.2, 0.25) is 6.29 Å². The zero-order valence-corrected chi connectivity index (χ0v) is 11.8. The van der Waals surface area contributed by atoms with E-state index in [4.69, 9.17) is 14.6 Å². The van der Waals surface area contributed by atoms with Crippen LogP contribution in [0, 0.1) is 6.92 Å². The van der Waals surface area contributed by atoms with Crippen LogP contribution in [0.4, 0.5) is 0 Å². The van der Waals surface area contributed by atoms with Gasteiger partial charge in [-0.3, -0.25) is 0 Å². The number of phenolic OH excluding ortho intramolecular Hbond substituents is 1. The highest BCUT2D eigenvalue weighted by Gasteiger charge is 2.45. The van der Waals surface area contributed by atoms with E-state index in [-0.39, 0.29) is 11.3 Å². The molecule has 0 radical (unpaired) electrons. The standard InChI is InChI=1S/C14H18O8/c1-6-2-3-8(16)7(4-6)13(20)22-14-12(19)11(18)10(17)9(5-15)21-14/h2-4,9-12,14-19H,5H2,1H3. The van der Waals surface area contributed by atoms with E-state index in [9.17, 15) is 25.2 Å². The van der Waals surface area contributed by atoms with Crippen LogP contribution >= 0.6 is 0 Å². The maximum atomic E-state index is 12.0. The Morgan fingerprint density at radius 1 is 1.23 bits per heavy atom. The number of phenols is 1.